The summed E-state index contributed by atoms with van der Waals surface area (Å²) in [4.78, 5) is 37.8. The molecule has 0 aliphatic heterocycles. The Hall–Kier alpha value is -4.71. The maximum atomic E-state index is 12.7. The molecular formula is C55H82O6. The van der Waals surface area contributed by atoms with Crippen molar-refractivity contribution in [3.05, 3.63) is 146 Å². The van der Waals surface area contributed by atoms with Crippen molar-refractivity contribution in [1.82, 2.24) is 0 Å². The van der Waals surface area contributed by atoms with Crippen molar-refractivity contribution in [2.45, 2.75) is 168 Å². The number of carbonyl (C=O) groups is 3. The number of unbranched alkanes of at least 4 members (excludes halogenated alkanes) is 11. The number of esters is 3. The van der Waals surface area contributed by atoms with Gasteiger partial charge in [-0.05, 0) is 83.5 Å². The predicted molar refractivity (Wildman–Crippen MR) is 260 cm³/mol. The molecular weight excluding hydrogens is 757 g/mol. The SMILES string of the molecule is CC\C=C/C=C\C=C/C=C\C=C/CCCC(=O)OC(COC(=O)CCC/C=C\C/C=C\C/C=C\CCCCCCCC)COC(=O)CCCCC\C=C/C=C\C=C/C=C\CC. The fourth-order valence-corrected chi connectivity index (χ4v) is 5.55. The Labute approximate surface area is 372 Å². The molecule has 61 heavy (non-hydrogen) atoms. The van der Waals surface area contributed by atoms with Crippen LogP contribution in [0.25, 0.3) is 0 Å². The molecule has 6 nitrogen and oxygen atoms in total. The zero-order chi connectivity index (χ0) is 44.4. The zero-order valence-corrected chi connectivity index (χ0v) is 38.4. The van der Waals surface area contributed by atoms with Gasteiger partial charge in [0.1, 0.15) is 13.2 Å². The third kappa shape index (κ3) is 46.2. The van der Waals surface area contributed by atoms with E-state index in [1.165, 1.54) is 44.9 Å². The molecule has 0 aliphatic rings. The number of rotatable bonds is 39. The van der Waals surface area contributed by atoms with Gasteiger partial charge in [0, 0.05) is 19.3 Å². The van der Waals surface area contributed by atoms with E-state index < -0.39 is 12.1 Å². The van der Waals surface area contributed by atoms with Gasteiger partial charge in [0.25, 0.3) is 0 Å². The molecule has 0 aromatic heterocycles. The van der Waals surface area contributed by atoms with Crippen molar-refractivity contribution in [2.75, 3.05) is 13.2 Å². The number of carbonyl (C=O) groups excluding carboxylic acids is 3. The lowest BCUT2D eigenvalue weighted by Crippen LogP contribution is -2.30. The molecule has 1 unspecified atom stereocenters. The Morgan fingerprint density at radius 3 is 1.23 bits per heavy atom. The quantitative estimate of drug-likeness (QED) is 0.0202. The molecule has 0 bridgehead atoms. The number of hydrogen-bond acceptors (Lipinski definition) is 6. The minimum Gasteiger partial charge on any atom is -0.462 e. The van der Waals surface area contributed by atoms with E-state index in [0.717, 1.165) is 51.4 Å². The van der Waals surface area contributed by atoms with Crippen LogP contribution in [0.3, 0.4) is 0 Å². The van der Waals surface area contributed by atoms with Gasteiger partial charge < -0.3 is 14.2 Å². The van der Waals surface area contributed by atoms with Crippen LogP contribution in [-0.2, 0) is 28.6 Å². The largest absolute Gasteiger partial charge is 0.462 e. The molecule has 0 fully saturated rings. The lowest BCUT2D eigenvalue weighted by atomic mass is 10.1. The van der Waals surface area contributed by atoms with Gasteiger partial charge in [0.05, 0.1) is 0 Å². The molecule has 1 atom stereocenters. The highest BCUT2D eigenvalue weighted by molar-refractivity contribution is 5.71. The van der Waals surface area contributed by atoms with Crippen LogP contribution >= 0.6 is 0 Å². The zero-order valence-electron chi connectivity index (χ0n) is 38.4. The molecule has 0 radical (unpaired) electrons. The predicted octanol–water partition coefficient (Wildman–Crippen LogP) is 15.3. The van der Waals surface area contributed by atoms with Gasteiger partial charge in [-0.3, -0.25) is 14.4 Å². The van der Waals surface area contributed by atoms with Gasteiger partial charge in [0.15, 0.2) is 6.10 Å². The van der Waals surface area contributed by atoms with Crippen molar-refractivity contribution in [3.63, 3.8) is 0 Å². The van der Waals surface area contributed by atoms with E-state index in [4.69, 9.17) is 14.2 Å². The summed E-state index contributed by atoms with van der Waals surface area (Å²) >= 11 is 0. The minimum atomic E-state index is -0.857. The molecule has 0 saturated heterocycles. The second kappa shape index (κ2) is 48.0. The standard InChI is InChI=1S/C55H82O6/c1-4-7-10-13-16-19-22-25-26-27-28-31-33-36-39-42-45-48-54(57)60-51-52(61-55(58)49-46-43-40-37-34-30-24-21-18-15-12-9-6-3)50-59-53(56)47-44-41-38-35-32-29-23-20-17-14-11-8-5-2/h8-9,11-12,14-15,17-18,20-21,23-26,28-32,34,36-37,39-40,52H,4-7,10,13,16,19,22,27,33,35,38,41-51H2,1-3H3/b11-8-,12-9-,17-14-,18-15-,23-20-,24-21-,26-25-,31-28-,32-29-,34-30-,39-36-,40-37-. The first kappa shape index (κ1) is 56.3. The number of allylic oxidation sites excluding steroid dienone is 24. The summed E-state index contributed by atoms with van der Waals surface area (Å²) in [6, 6.07) is 0. The van der Waals surface area contributed by atoms with E-state index >= 15 is 0 Å². The van der Waals surface area contributed by atoms with Crippen LogP contribution in [0, 0.1) is 0 Å². The van der Waals surface area contributed by atoms with E-state index in [1.807, 2.05) is 91.1 Å². The van der Waals surface area contributed by atoms with E-state index in [2.05, 4.69) is 75.5 Å². The van der Waals surface area contributed by atoms with Crippen LogP contribution in [0.15, 0.2) is 146 Å². The first-order chi connectivity index (χ1) is 30.0. The summed E-state index contributed by atoms with van der Waals surface area (Å²) in [5, 5.41) is 0. The molecule has 0 aromatic carbocycles. The highest BCUT2D eigenvalue weighted by Crippen LogP contribution is 2.10. The van der Waals surface area contributed by atoms with E-state index in [9.17, 15) is 14.4 Å². The van der Waals surface area contributed by atoms with Crippen LogP contribution in [0.2, 0.25) is 0 Å². The van der Waals surface area contributed by atoms with Crippen molar-refractivity contribution in [1.29, 1.82) is 0 Å². The first-order valence-electron chi connectivity index (χ1n) is 23.5. The summed E-state index contributed by atoms with van der Waals surface area (Å²) < 4.78 is 16.6. The topological polar surface area (TPSA) is 78.9 Å². The summed E-state index contributed by atoms with van der Waals surface area (Å²) in [5.74, 6) is -1.13. The van der Waals surface area contributed by atoms with Crippen molar-refractivity contribution < 1.29 is 28.6 Å². The molecule has 0 aromatic rings. The van der Waals surface area contributed by atoms with E-state index in [1.54, 1.807) is 0 Å². The van der Waals surface area contributed by atoms with E-state index in [-0.39, 0.29) is 44.4 Å². The van der Waals surface area contributed by atoms with Crippen molar-refractivity contribution >= 4 is 17.9 Å². The summed E-state index contributed by atoms with van der Waals surface area (Å²) in [5.41, 5.74) is 0. The van der Waals surface area contributed by atoms with Crippen LogP contribution < -0.4 is 0 Å². The molecule has 0 spiro atoms. The second-order valence-electron chi connectivity index (χ2n) is 14.8. The Balaban J connectivity index is 4.66. The summed E-state index contributed by atoms with van der Waals surface area (Å²) in [6.45, 7) is 6.16. The van der Waals surface area contributed by atoms with Gasteiger partial charge in [-0.2, -0.15) is 0 Å². The number of ether oxygens (including phenoxy) is 3. The molecule has 0 N–H and O–H groups in total. The fraction of sp³-hybridized carbons (Fsp3) is 0.509. The van der Waals surface area contributed by atoms with Gasteiger partial charge >= 0.3 is 17.9 Å². The smallest absolute Gasteiger partial charge is 0.306 e. The highest BCUT2D eigenvalue weighted by Gasteiger charge is 2.19. The normalized spacial score (nSPS) is 13.4. The maximum absolute atomic E-state index is 12.7. The fourth-order valence-electron chi connectivity index (χ4n) is 5.55. The molecule has 0 aliphatic carbocycles. The van der Waals surface area contributed by atoms with Gasteiger partial charge in [-0.25, -0.2) is 0 Å². The average molecular weight is 839 g/mol. The number of hydrogen-bond donors (Lipinski definition) is 0. The second-order valence-corrected chi connectivity index (χ2v) is 14.8. The van der Waals surface area contributed by atoms with Gasteiger partial charge in [-0.15, -0.1) is 0 Å². The molecule has 0 heterocycles. The van der Waals surface area contributed by atoms with Gasteiger partial charge in [0.2, 0.25) is 0 Å². The first-order valence-corrected chi connectivity index (χ1v) is 23.5. The average Bonchev–Trinajstić information content (AvgIpc) is 3.26. The minimum absolute atomic E-state index is 0.150. The highest BCUT2D eigenvalue weighted by atomic mass is 16.6. The lowest BCUT2D eigenvalue weighted by molar-refractivity contribution is -0.167. The third-order valence-corrected chi connectivity index (χ3v) is 9.03. The Kier molecular flexibility index (Phi) is 44.3. The molecule has 6 heteroatoms. The van der Waals surface area contributed by atoms with Crippen molar-refractivity contribution in [2.24, 2.45) is 0 Å². The van der Waals surface area contributed by atoms with Crippen LogP contribution in [0.4, 0.5) is 0 Å². The third-order valence-electron chi connectivity index (χ3n) is 9.03. The van der Waals surface area contributed by atoms with Gasteiger partial charge in [-0.1, -0.05) is 205 Å². The monoisotopic (exact) mass is 839 g/mol. The van der Waals surface area contributed by atoms with Crippen LogP contribution in [-0.4, -0.2) is 37.2 Å². The summed E-state index contributed by atoms with van der Waals surface area (Å²) in [6.07, 6.45) is 68.5. The summed E-state index contributed by atoms with van der Waals surface area (Å²) in [7, 11) is 0. The van der Waals surface area contributed by atoms with E-state index in [0.29, 0.717) is 25.7 Å². The van der Waals surface area contributed by atoms with Crippen molar-refractivity contribution in [3.8, 4) is 0 Å². The van der Waals surface area contributed by atoms with Crippen LogP contribution in [0.1, 0.15) is 162 Å². The molecule has 338 valence electrons. The molecule has 0 amide bonds. The van der Waals surface area contributed by atoms with Crippen LogP contribution in [0.5, 0.6) is 0 Å². The Morgan fingerprint density at radius 2 is 0.721 bits per heavy atom. The Morgan fingerprint density at radius 1 is 0.361 bits per heavy atom. The molecule has 0 rings (SSSR count). The maximum Gasteiger partial charge on any atom is 0.306 e. The molecule has 0 saturated carbocycles. The Bertz CT molecular complexity index is 1430. The lowest BCUT2D eigenvalue weighted by Gasteiger charge is -2.18.